The van der Waals surface area contributed by atoms with E-state index in [1.165, 1.54) is 0 Å². The number of carbonyl (C=O) groups excluding carboxylic acids is 3. The van der Waals surface area contributed by atoms with E-state index in [2.05, 4.69) is 26.2 Å². The monoisotopic (exact) mass is 439 g/mol. The fraction of sp³-hybridized carbons (Fsp3) is 0.545. The van der Waals surface area contributed by atoms with Gasteiger partial charge in [0.1, 0.15) is 0 Å². The second-order valence-electron chi connectivity index (χ2n) is 8.86. The summed E-state index contributed by atoms with van der Waals surface area (Å²) in [6.07, 6.45) is 6.03. The summed E-state index contributed by atoms with van der Waals surface area (Å²) in [5.41, 5.74) is 5.59. The summed E-state index contributed by atoms with van der Waals surface area (Å²) in [6, 6.07) is 6.45. The molecule has 10 heteroatoms. The molecule has 0 spiro atoms. The highest BCUT2D eigenvalue weighted by molar-refractivity contribution is 6.07. The number of rotatable bonds is 2. The maximum atomic E-state index is 13.5. The zero-order valence-corrected chi connectivity index (χ0v) is 18.0. The van der Waals surface area contributed by atoms with E-state index in [4.69, 9.17) is 0 Å². The van der Waals surface area contributed by atoms with Crippen molar-refractivity contribution in [1.82, 2.24) is 35.7 Å². The van der Waals surface area contributed by atoms with Gasteiger partial charge in [-0.05, 0) is 31.7 Å². The minimum absolute atomic E-state index is 0.141. The molecule has 2 bridgehead atoms. The van der Waals surface area contributed by atoms with E-state index < -0.39 is 12.1 Å². The van der Waals surface area contributed by atoms with Crippen LogP contribution in [0.1, 0.15) is 49.0 Å². The smallest absolute Gasteiger partial charge is 0.334 e. The third-order valence-corrected chi connectivity index (χ3v) is 6.87. The van der Waals surface area contributed by atoms with Crippen LogP contribution in [0.5, 0.6) is 0 Å². The second-order valence-corrected chi connectivity index (χ2v) is 8.86. The van der Waals surface area contributed by atoms with Crippen molar-refractivity contribution in [1.29, 1.82) is 0 Å². The fourth-order valence-electron chi connectivity index (χ4n) is 5.12. The summed E-state index contributed by atoms with van der Waals surface area (Å²) >= 11 is 0. The number of fused-ring (bicyclic) bond motifs is 5. The molecule has 170 valence electrons. The zero-order chi connectivity index (χ0) is 22.1. The molecule has 4 amide bonds. The Bertz CT molecular complexity index is 1020. The predicted octanol–water partition coefficient (Wildman–Crippen LogP) is 1.67. The number of hydrazine groups is 1. The normalized spacial score (nSPS) is 23.2. The van der Waals surface area contributed by atoms with Gasteiger partial charge in [0.05, 0.1) is 5.52 Å². The molecule has 1 aromatic heterocycles. The quantitative estimate of drug-likeness (QED) is 0.617. The lowest BCUT2D eigenvalue weighted by Gasteiger charge is -2.31. The van der Waals surface area contributed by atoms with Gasteiger partial charge in [-0.1, -0.05) is 31.0 Å². The Morgan fingerprint density at radius 2 is 1.66 bits per heavy atom. The van der Waals surface area contributed by atoms with E-state index in [1.807, 2.05) is 11.0 Å². The van der Waals surface area contributed by atoms with Crippen molar-refractivity contribution in [2.24, 2.45) is 0 Å². The van der Waals surface area contributed by atoms with Gasteiger partial charge >= 0.3 is 12.1 Å². The van der Waals surface area contributed by atoms with Crippen molar-refractivity contribution in [3.63, 3.8) is 0 Å². The Morgan fingerprint density at radius 1 is 0.906 bits per heavy atom. The largest absolute Gasteiger partial charge is 0.361 e. The summed E-state index contributed by atoms with van der Waals surface area (Å²) in [4.78, 5) is 42.7. The van der Waals surface area contributed by atoms with Crippen molar-refractivity contribution in [3.05, 3.63) is 30.0 Å². The summed E-state index contributed by atoms with van der Waals surface area (Å²) in [7, 11) is 0. The number of hydrogen-bond acceptors (Lipinski definition) is 5. The molecule has 1 saturated carbocycles. The van der Waals surface area contributed by atoms with Crippen LogP contribution in [0.3, 0.4) is 0 Å². The molecule has 0 unspecified atom stereocenters. The third-order valence-electron chi connectivity index (χ3n) is 6.87. The summed E-state index contributed by atoms with van der Waals surface area (Å²) in [5.74, 6) is -0.145. The molecule has 3 aliphatic heterocycles. The number of amides is 4. The first-order valence-corrected chi connectivity index (χ1v) is 11.5. The average molecular weight is 440 g/mol. The zero-order valence-electron chi connectivity index (χ0n) is 18.0. The standard InChI is InChI=1S/C22H29N7O3/c30-20(28-14-13-27-11-9-16(28)10-12-27)19-17-7-3-4-8-18(17)29(26-19)22(32)25-24-21(31)23-15-5-1-2-6-15/h3-4,7-8,15-16H,1-2,5-6,9-14H2,(H,25,32)(H2,23,24,31). The van der Waals surface area contributed by atoms with Crippen molar-refractivity contribution in [2.45, 2.75) is 50.6 Å². The number of nitrogens with zero attached hydrogens (tertiary/aromatic N) is 4. The first-order chi connectivity index (χ1) is 15.6. The molecule has 6 rings (SSSR count). The van der Waals surface area contributed by atoms with Gasteiger partial charge < -0.3 is 15.1 Å². The highest BCUT2D eigenvalue weighted by Crippen LogP contribution is 2.25. The van der Waals surface area contributed by atoms with Gasteiger partial charge in [0.25, 0.3) is 5.91 Å². The van der Waals surface area contributed by atoms with Crippen molar-refractivity contribution in [2.75, 3.05) is 26.2 Å². The Hall–Kier alpha value is -3.14. The van der Waals surface area contributed by atoms with Crippen LogP contribution in [0.2, 0.25) is 0 Å². The van der Waals surface area contributed by atoms with E-state index in [9.17, 15) is 14.4 Å². The van der Waals surface area contributed by atoms with Gasteiger partial charge in [0.15, 0.2) is 5.69 Å². The highest BCUT2D eigenvalue weighted by atomic mass is 16.2. The van der Waals surface area contributed by atoms with Crippen LogP contribution in [0.25, 0.3) is 10.9 Å². The van der Waals surface area contributed by atoms with Gasteiger partial charge in [-0.25, -0.2) is 20.4 Å². The lowest BCUT2D eigenvalue weighted by Crippen LogP contribution is -2.50. The minimum Gasteiger partial charge on any atom is -0.334 e. The molecule has 4 heterocycles. The SMILES string of the molecule is O=C(NNC(=O)n1nc(C(=O)N2CCN3CCC2CC3)c2ccccc21)NC1CCCC1. The number of aromatic nitrogens is 2. The number of nitrogens with one attached hydrogen (secondary N) is 3. The maximum absolute atomic E-state index is 13.5. The van der Waals surface area contributed by atoms with Gasteiger partial charge in [-0.15, -0.1) is 0 Å². The molecule has 3 N–H and O–H groups in total. The van der Waals surface area contributed by atoms with Crippen LogP contribution in [-0.4, -0.2) is 75.8 Å². The van der Waals surface area contributed by atoms with Gasteiger partial charge in [0.2, 0.25) is 0 Å². The van der Waals surface area contributed by atoms with Gasteiger partial charge in [0, 0.05) is 43.6 Å². The van der Waals surface area contributed by atoms with Gasteiger partial charge in [-0.3, -0.25) is 4.79 Å². The van der Waals surface area contributed by atoms with Crippen LogP contribution in [0.15, 0.2) is 24.3 Å². The fourth-order valence-corrected chi connectivity index (χ4v) is 5.12. The Kier molecular flexibility index (Phi) is 5.69. The average Bonchev–Trinajstić information content (AvgIpc) is 3.35. The van der Waals surface area contributed by atoms with Crippen LogP contribution in [0.4, 0.5) is 9.59 Å². The Balaban J connectivity index is 1.33. The molecular formula is C22H29N7O3. The number of benzene rings is 1. The minimum atomic E-state index is -0.621. The second kappa shape index (κ2) is 8.78. The molecule has 1 aliphatic carbocycles. The van der Waals surface area contributed by atoms with E-state index >= 15 is 0 Å². The maximum Gasteiger partial charge on any atom is 0.361 e. The van der Waals surface area contributed by atoms with Crippen LogP contribution < -0.4 is 16.2 Å². The van der Waals surface area contributed by atoms with Crippen LogP contribution in [-0.2, 0) is 0 Å². The van der Waals surface area contributed by atoms with Crippen molar-refractivity contribution >= 4 is 28.9 Å². The number of para-hydroxylation sites is 1. The first-order valence-electron chi connectivity index (χ1n) is 11.5. The molecule has 4 aliphatic rings. The molecule has 32 heavy (non-hydrogen) atoms. The van der Waals surface area contributed by atoms with E-state index in [0.717, 1.165) is 62.8 Å². The number of hydrogen-bond donors (Lipinski definition) is 3. The lowest BCUT2D eigenvalue weighted by molar-refractivity contribution is 0.0680. The first kappa shape index (κ1) is 20.7. The molecule has 0 radical (unpaired) electrons. The summed E-state index contributed by atoms with van der Waals surface area (Å²) < 4.78 is 1.15. The van der Waals surface area contributed by atoms with Crippen molar-refractivity contribution < 1.29 is 14.4 Å². The molecule has 1 aromatic carbocycles. The predicted molar refractivity (Wildman–Crippen MR) is 118 cm³/mol. The number of carbonyl (C=O) groups is 3. The summed E-state index contributed by atoms with van der Waals surface area (Å²) in [6.45, 7) is 3.56. The molecule has 3 saturated heterocycles. The van der Waals surface area contributed by atoms with E-state index in [1.54, 1.807) is 18.2 Å². The van der Waals surface area contributed by atoms with E-state index in [-0.39, 0.29) is 23.7 Å². The van der Waals surface area contributed by atoms with Gasteiger partial charge in [-0.2, -0.15) is 9.78 Å². The molecule has 4 fully saturated rings. The van der Waals surface area contributed by atoms with Crippen molar-refractivity contribution in [3.8, 4) is 0 Å². The topological polar surface area (TPSA) is 112 Å². The third kappa shape index (κ3) is 4.02. The Labute approximate surface area is 186 Å². The summed E-state index contributed by atoms with van der Waals surface area (Å²) in [5, 5.41) is 7.86. The molecule has 0 atom stereocenters. The Morgan fingerprint density at radius 3 is 2.44 bits per heavy atom. The molecule has 2 aromatic rings. The highest BCUT2D eigenvalue weighted by Gasteiger charge is 2.34. The molecular weight excluding hydrogens is 410 g/mol. The number of urea groups is 1. The molecule has 10 nitrogen and oxygen atoms in total. The number of piperidine rings is 1. The van der Waals surface area contributed by atoms with Crippen LogP contribution in [0, 0.1) is 0 Å². The van der Waals surface area contributed by atoms with Crippen LogP contribution >= 0.6 is 0 Å². The lowest BCUT2D eigenvalue weighted by atomic mass is 10.0. The van der Waals surface area contributed by atoms with E-state index in [0.29, 0.717) is 17.4 Å².